The lowest BCUT2D eigenvalue weighted by Crippen LogP contribution is -2.17. The van der Waals surface area contributed by atoms with Gasteiger partial charge in [0, 0.05) is 19.3 Å². The van der Waals surface area contributed by atoms with Crippen LogP contribution in [-0.2, 0) is 13.1 Å². The third kappa shape index (κ3) is 3.78. The van der Waals surface area contributed by atoms with E-state index in [4.69, 9.17) is 0 Å². The average Bonchev–Trinajstić information content (AvgIpc) is 2.88. The number of nitrogens with zero attached hydrogens (tertiary/aromatic N) is 3. The summed E-state index contributed by atoms with van der Waals surface area (Å²) in [6, 6.07) is 1.98. The maximum Gasteiger partial charge on any atom is 0.194 e. The molecule has 0 amide bonds. The van der Waals surface area contributed by atoms with Crippen LogP contribution in [0.1, 0.15) is 12.0 Å². The van der Waals surface area contributed by atoms with Crippen LogP contribution < -0.4 is 5.32 Å². The van der Waals surface area contributed by atoms with Crippen molar-refractivity contribution in [3.05, 3.63) is 47.5 Å². The molecule has 102 valence electrons. The van der Waals surface area contributed by atoms with E-state index in [1.807, 2.05) is 0 Å². The number of benzene rings is 1. The van der Waals surface area contributed by atoms with Crippen LogP contribution in [-0.4, -0.2) is 21.5 Å². The number of aryl methyl sites for hydroxylation is 1. The minimum Gasteiger partial charge on any atom is -0.313 e. The summed E-state index contributed by atoms with van der Waals surface area (Å²) in [7, 11) is 0. The normalized spacial score (nSPS) is 10.9. The fourth-order valence-corrected chi connectivity index (χ4v) is 1.66. The second-order valence-corrected chi connectivity index (χ2v) is 4.07. The van der Waals surface area contributed by atoms with Crippen molar-refractivity contribution in [2.24, 2.45) is 0 Å². The van der Waals surface area contributed by atoms with Crippen molar-refractivity contribution in [3.8, 4) is 0 Å². The third-order valence-corrected chi connectivity index (χ3v) is 2.59. The van der Waals surface area contributed by atoms with Gasteiger partial charge >= 0.3 is 0 Å². The third-order valence-electron chi connectivity index (χ3n) is 2.59. The zero-order valence-electron chi connectivity index (χ0n) is 10.1. The zero-order valence-corrected chi connectivity index (χ0v) is 10.1. The molecule has 0 spiro atoms. The van der Waals surface area contributed by atoms with Crippen LogP contribution in [0.3, 0.4) is 0 Å². The van der Waals surface area contributed by atoms with E-state index in [9.17, 15) is 13.2 Å². The summed E-state index contributed by atoms with van der Waals surface area (Å²) in [4.78, 5) is 0. The van der Waals surface area contributed by atoms with E-state index >= 15 is 0 Å². The van der Waals surface area contributed by atoms with Crippen LogP contribution in [0.15, 0.2) is 24.5 Å². The summed E-state index contributed by atoms with van der Waals surface area (Å²) in [5.41, 5.74) is 0.372. The average molecular weight is 270 g/mol. The quantitative estimate of drug-likeness (QED) is 0.643. The zero-order chi connectivity index (χ0) is 13.7. The van der Waals surface area contributed by atoms with Gasteiger partial charge in [-0.1, -0.05) is 5.21 Å². The fourth-order valence-electron chi connectivity index (χ4n) is 1.66. The van der Waals surface area contributed by atoms with Gasteiger partial charge in [0.1, 0.15) is 0 Å². The van der Waals surface area contributed by atoms with Crippen molar-refractivity contribution in [2.75, 3.05) is 6.54 Å². The molecule has 2 rings (SSSR count). The van der Waals surface area contributed by atoms with Gasteiger partial charge in [-0.05, 0) is 30.7 Å². The minimum atomic E-state index is -1.44. The molecule has 0 unspecified atom stereocenters. The second-order valence-electron chi connectivity index (χ2n) is 4.07. The van der Waals surface area contributed by atoms with E-state index in [0.717, 1.165) is 18.6 Å². The molecule has 2 aromatic rings. The molecule has 1 aromatic heterocycles. The molecule has 0 aliphatic carbocycles. The molecule has 7 heteroatoms. The Kier molecular flexibility index (Phi) is 4.51. The lowest BCUT2D eigenvalue weighted by Gasteiger charge is -2.06. The molecule has 1 aromatic carbocycles. The Bertz CT molecular complexity index is 505. The first-order chi connectivity index (χ1) is 9.16. The molecular weight excluding hydrogens is 257 g/mol. The Balaban J connectivity index is 1.74. The van der Waals surface area contributed by atoms with E-state index in [0.29, 0.717) is 18.7 Å². The predicted molar refractivity (Wildman–Crippen MR) is 62.7 cm³/mol. The number of nitrogens with one attached hydrogen (secondary N) is 1. The van der Waals surface area contributed by atoms with Crippen molar-refractivity contribution in [1.29, 1.82) is 0 Å². The van der Waals surface area contributed by atoms with Gasteiger partial charge in [-0.3, -0.25) is 4.68 Å². The topological polar surface area (TPSA) is 42.7 Å². The van der Waals surface area contributed by atoms with E-state index in [1.54, 1.807) is 17.1 Å². The standard InChI is InChI=1S/C12H13F3N4/c13-10-6-9(7-11(14)12(10)15)8-16-2-1-4-19-5-3-17-18-19/h3,5-7,16H,1-2,4,8H2. The molecule has 0 atom stereocenters. The molecule has 0 aliphatic rings. The lowest BCUT2D eigenvalue weighted by molar-refractivity contribution is 0.444. The number of rotatable bonds is 6. The van der Waals surface area contributed by atoms with Gasteiger partial charge in [0.15, 0.2) is 17.5 Å². The molecule has 19 heavy (non-hydrogen) atoms. The molecule has 1 heterocycles. The molecular formula is C12H13F3N4. The molecule has 1 N–H and O–H groups in total. The monoisotopic (exact) mass is 270 g/mol. The summed E-state index contributed by atoms with van der Waals surface area (Å²) >= 11 is 0. The number of halogens is 3. The van der Waals surface area contributed by atoms with E-state index in [-0.39, 0.29) is 6.54 Å². The number of hydrogen-bond acceptors (Lipinski definition) is 3. The first kappa shape index (κ1) is 13.5. The summed E-state index contributed by atoms with van der Waals surface area (Å²) in [5.74, 6) is -3.77. The van der Waals surface area contributed by atoms with Gasteiger partial charge in [0.2, 0.25) is 0 Å². The van der Waals surface area contributed by atoms with Gasteiger partial charge in [-0.25, -0.2) is 13.2 Å². The number of hydrogen-bond donors (Lipinski definition) is 1. The smallest absolute Gasteiger partial charge is 0.194 e. The van der Waals surface area contributed by atoms with Gasteiger partial charge < -0.3 is 5.32 Å². The van der Waals surface area contributed by atoms with Crippen molar-refractivity contribution in [2.45, 2.75) is 19.5 Å². The molecule has 0 saturated heterocycles. The minimum absolute atomic E-state index is 0.283. The Labute approximate surface area is 108 Å². The van der Waals surface area contributed by atoms with Gasteiger partial charge in [-0.2, -0.15) is 0 Å². The molecule has 0 fully saturated rings. The van der Waals surface area contributed by atoms with Crippen molar-refractivity contribution in [1.82, 2.24) is 20.3 Å². The van der Waals surface area contributed by atoms with Gasteiger partial charge in [-0.15, -0.1) is 5.10 Å². The van der Waals surface area contributed by atoms with Gasteiger partial charge in [0.25, 0.3) is 0 Å². The Morgan fingerprint density at radius 3 is 2.53 bits per heavy atom. The number of aromatic nitrogens is 3. The maximum atomic E-state index is 12.9. The summed E-state index contributed by atoms with van der Waals surface area (Å²) in [5, 5.41) is 10.5. The highest BCUT2D eigenvalue weighted by molar-refractivity contribution is 5.19. The van der Waals surface area contributed by atoms with Crippen LogP contribution in [0, 0.1) is 17.5 Å². The Hall–Kier alpha value is -1.89. The van der Waals surface area contributed by atoms with Crippen LogP contribution in [0.2, 0.25) is 0 Å². The molecule has 0 saturated carbocycles. The van der Waals surface area contributed by atoms with E-state index in [2.05, 4.69) is 15.6 Å². The predicted octanol–water partition coefficient (Wildman–Crippen LogP) is 1.88. The van der Waals surface area contributed by atoms with Crippen LogP contribution in [0.25, 0.3) is 0 Å². The van der Waals surface area contributed by atoms with Gasteiger partial charge in [0.05, 0.1) is 6.20 Å². The maximum absolute atomic E-state index is 12.9. The highest BCUT2D eigenvalue weighted by Crippen LogP contribution is 2.13. The molecule has 0 radical (unpaired) electrons. The first-order valence-electron chi connectivity index (χ1n) is 5.85. The lowest BCUT2D eigenvalue weighted by atomic mass is 10.2. The highest BCUT2D eigenvalue weighted by atomic mass is 19.2. The highest BCUT2D eigenvalue weighted by Gasteiger charge is 2.09. The first-order valence-corrected chi connectivity index (χ1v) is 5.85. The van der Waals surface area contributed by atoms with Crippen molar-refractivity contribution in [3.63, 3.8) is 0 Å². The summed E-state index contributed by atoms with van der Waals surface area (Å²) < 4.78 is 40.3. The van der Waals surface area contributed by atoms with E-state index in [1.165, 1.54) is 0 Å². The van der Waals surface area contributed by atoms with Crippen LogP contribution in [0.4, 0.5) is 13.2 Å². The Morgan fingerprint density at radius 1 is 1.16 bits per heavy atom. The van der Waals surface area contributed by atoms with Crippen molar-refractivity contribution >= 4 is 0 Å². The fraction of sp³-hybridized carbons (Fsp3) is 0.333. The summed E-state index contributed by atoms with van der Waals surface area (Å²) in [6.07, 6.45) is 4.15. The van der Waals surface area contributed by atoms with Crippen LogP contribution >= 0.6 is 0 Å². The second kappa shape index (κ2) is 6.33. The SMILES string of the molecule is Fc1cc(CNCCCn2ccnn2)cc(F)c1F. The molecule has 0 aliphatic heterocycles. The largest absolute Gasteiger partial charge is 0.313 e. The Morgan fingerprint density at radius 2 is 1.89 bits per heavy atom. The van der Waals surface area contributed by atoms with Crippen LogP contribution in [0.5, 0.6) is 0 Å². The summed E-state index contributed by atoms with van der Waals surface area (Å²) in [6.45, 7) is 1.64. The van der Waals surface area contributed by atoms with E-state index < -0.39 is 17.5 Å². The van der Waals surface area contributed by atoms with Crippen molar-refractivity contribution < 1.29 is 13.2 Å². The molecule has 4 nitrogen and oxygen atoms in total. The molecule has 0 bridgehead atoms.